The smallest absolute Gasteiger partial charge is 0.248 e. The van der Waals surface area contributed by atoms with Crippen LogP contribution in [0.25, 0.3) is 0 Å². The minimum absolute atomic E-state index is 0.262. The van der Waals surface area contributed by atoms with E-state index in [-0.39, 0.29) is 5.92 Å². The van der Waals surface area contributed by atoms with Crippen molar-refractivity contribution in [3.05, 3.63) is 70.8 Å². The van der Waals surface area contributed by atoms with Crippen LogP contribution in [0.1, 0.15) is 82.1 Å². The third-order valence-corrected chi connectivity index (χ3v) is 8.00. The van der Waals surface area contributed by atoms with E-state index in [1.165, 1.54) is 17.7 Å². The average molecular weight is 603 g/mol. The zero-order chi connectivity index (χ0) is 30.5. The molecule has 7 heteroatoms. The molecule has 3 N–H and O–H groups in total. The number of ether oxygens (including phenoxy) is 1. The van der Waals surface area contributed by atoms with Crippen molar-refractivity contribution in [1.82, 2.24) is 0 Å². The van der Waals surface area contributed by atoms with Crippen molar-refractivity contribution in [2.24, 2.45) is 23.5 Å². The van der Waals surface area contributed by atoms with Gasteiger partial charge in [-0.05, 0) is 98.8 Å². The van der Waals surface area contributed by atoms with Crippen LogP contribution in [0.15, 0.2) is 54.6 Å². The van der Waals surface area contributed by atoms with E-state index in [4.69, 9.17) is 22.1 Å². The average Bonchev–Trinajstić information content (AvgIpc) is 3.18. The maximum atomic E-state index is 11.3. The topological polar surface area (TPSA) is 81.4 Å². The number of fused-ring (bicyclic) bond motifs is 1. The number of halogens is 1. The lowest BCUT2D eigenvalue weighted by molar-refractivity contribution is -0.111. The van der Waals surface area contributed by atoms with E-state index in [1.807, 2.05) is 43.8 Å². The number of benzene rings is 2. The van der Waals surface area contributed by atoms with Gasteiger partial charge in [-0.25, -0.2) is 0 Å². The predicted molar refractivity (Wildman–Crippen MR) is 179 cm³/mol. The number of rotatable bonds is 14. The van der Waals surface area contributed by atoms with Crippen molar-refractivity contribution in [2.75, 3.05) is 30.5 Å². The number of allylic oxidation sites excluding steroid dienone is 2. The third-order valence-electron chi connectivity index (χ3n) is 6.86. The maximum Gasteiger partial charge on any atom is 0.248 e. The first kappa shape index (κ1) is 36.6. The van der Waals surface area contributed by atoms with E-state index < -0.39 is 5.91 Å². The Morgan fingerprint density at radius 1 is 1.22 bits per heavy atom. The van der Waals surface area contributed by atoms with Gasteiger partial charge >= 0.3 is 0 Å². The minimum atomic E-state index is -0.429. The lowest BCUT2D eigenvalue weighted by atomic mass is 10.00. The van der Waals surface area contributed by atoms with Crippen LogP contribution in [0.4, 0.5) is 5.69 Å². The zero-order valence-electron chi connectivity index (χ0n) is 25.7. The van der Waals surface area contributed by atoms with Crippen LogP contribution < -0.4 is 15.8 Å². The first-order valence-electron chi connectivity index (χ1n) is 15.0. The fourth-order valence-electron chi connectivity index (χ4n) is 4.42. The Morgan fingerprint density at radius 2 is 2.00 bits per heavy atom. The van der Waals surface area contributed by atoms with Gasteiger partial charge in [0.1, 0.15) is 12.0 Å². The lowest BCUT2D eigenvalue weighted by Crippen LogP contribution is -2.18. The highest BCUT2D eigenvalue weighted by atomic mass is 35.5. The molecule has 0 aliphatic carbocycles. The summed E-state index contributed by atoms with van der Waals surface area (Å²) in [6, 6.07) is 13.3. The molecule has 0 radical (unpaired) electrons. The summed E-state index contributed by atoms with van der Waals surface area (Å²) in [6.07, 6.45) is 15.1. The van der Waals surface area contributed by atoms with Gasteiger partial charge in [-0.15, -0.1) is 0 Å². The Kier molecular flexibility index (Phi) is 19.8. The van der Waals surface area contributed by atoms with Crippen LogP contribution >= 0.6 is 23.4 Å². The number of hydrogen-bond donors (Lipinski definition) is 2. The second-order valence-corrected chi connectivity index (χ2v) is 11.7. The largest absolute Gasteiger partial charge is 0.491 e. The number of aryl methyl sites for hydroxylation is 1. The van der Waals surface area contributed by atoms with E-state index in [2.05, 4.69) is 43.6 Å². The molecule has 0 spiro atoms. The monoisotopic (exact) mass is 602 g/mol. The van der Waals surface area contributed by atoms with Gasteiger partial charge in [-0.3, -0.25) is 4.79 Å². The minimum Gasteiger partial charge on any atom is -0.491 e. The summed E-state index contributed by atoms with van der Waals surface area (Å²) in [6.45, 7) is 9.85. The summed E-state index contributed by atoms with van der Waals surface area (Å²) in [5, 5.41) is 4.16. The molecule has 0 aromatic heterocycles. The number of carbonyl (C=O) groups excluding carboxylic acids is 2. The third kappa shape index (κ3) is 15.4. The molecule has 1 amide bonds. The number of thioether (sulfide) groups is 1. The van der Waals surface area contributed by atoms with Gasteiger partial charge in [-0.1, -0.05) is 63.6 Å². The molecule has 228 valence electrons. The second kappa shape index (κ2) is 22.2. The highest BCUT2D eigenvalue weighted by molar-refractivity contribution is 7.98. The van der Waals surface area contributed by atoms with Gasteiger partial charge in [0.25, 0.3) is 0 Å². The summed E-state index contributed by atoms with van der Waals surface area (Å²) in [7, 11) is 0. The number of amides is 1. The van der Waals surface area contributed by atoms with Crippen LogP contribution in [0.2, 0.25) is 5.02 Å². The molecule has 0 bridgehead atoms. The normalized spacial score (nSPS) is 15.4. The number of nitrogens with one attached hydrogen (secondary N) is 1. The molecule has 0 fully saturated rings. The zero-order valence-corrected chi connectivity index (χ0v) is 27.2. The van der Waals surface area contributed by atoms with Crippen LogP contribution in [0.3, 0.4) is 0 Å². The van der Waals surface area contributed by atoms with E-state index in [1.54, 1.807) is 18.2 Å². The van der Waals surface area contributed by atoms with Gasteiger partial charge in [-0.2, -0.15) is 11.8 Å². The molecule has 2 aromatic rings. The van der Waals surface area contributed by atoms with E-state index in [0.29, 0.717) is 18.1 Å². The number of nitrogens with two attached hydrogens (primary N) is 1. The molecule has 3 rings (SSSR count). The quantitative estimate of drug-likeness (QED) is 0.167. The number of hydrogen-bond acceptors (Lipinski definition) is 5. The molecular formula is C34H51ClN2O3S. The highest BCUT2D eigenvalue weighted by Crippen LogP contribution is 2.30. The van der Waals surface area contributed by atoms with Crippen molar-refractivity contribution < 1.29 is 14.3 Å². The molecule has 41 heavy (non-hydrogen) atoms. The number of primary amides is 1. The van der Waals surface area contributed by atoms with E-state index >= 15 is 0 Å². The Balaban J connectivity index is 0.000000429. The van der Waals surface area contributed by atoms with Crippen molar-refractivity contribution >= 4 is 41.2 Å². The van der Waals surface area contributed by atoms with Gasteiger partial charge in [0.2, 0.25) is 5.91 Å². The molecule has 1 aliphatic rings. The summed E-state index contributed by atoms with van der Waals surface area (Å²) >= 11 is 7.92. The Labute approximate surface area is 258 Å². The molecule has 1 heterocycles. The Bertz CT molecular complexity index is 1050. The molecule has 0 saturated heterocycles. The second-order valence-electron chi connectivity index (χ2n) is 10.3. The van der Waals surface area contributed by atoms with Gasteiger partial charge in [0, 0.05) is 29.0 Å². The van der Waals surface area contributed by atoms with Crippen LogP contribution in [-0.4, -0.2) is 37.4 Å². The van der Waals surface area contributed by atoms with Gasteiger partial charge < -0.3 is 20.6 Å². The predicted octanol–water partition coefficient (Wildman–Crippen LogP) is 8.85. The molecule has 5 nitrogen and oxygen atoms in total. The van der Waals surface area contributed by atoms with Crippen molar-refractivity contribution in [1.29, 1.82) is 0 Å². The van der Waals surface area contributed by atoms with Crippen molar-refractivity contribution in [3.63, 3.8) is 0 Å². The number of aldehydes is 1. The van der Waals surface area contributed by atoms with E-state index in [9.17, 15) is 9.59 Å². The highest BCUT2D eigenvalue weighted by Gasteiger charge is 2.17. The standard InChI is InChI=1S/C19H21ClN2O2.C13H24OS.C2H6/c20-16-6-2-4-13(9-16)3-1-5-14-11-22-17-10-15(19(21)23)7-8-18(17)24-12-14;1-4-13(10-14)9-7-5-6-8-12(2)11-15-3;1-2/h2,4,6-10,14,22H,1,3,5,11-12H2,(H2,21,23);5-6,10,12-13H,4,7-9,11H2,1-3H3;1-2H3/b;6-5+;. The maximum absolute atomic E-state index is 11.3. The molecule has 3 unspecified atom stereocenters. The lowest BCUT2D eigenvalue weighted by Gasteiger charge is -2.13. The molecule has 1 aliphatic heterocycles. The summed E-state index contributed by atoms with van der Waals surface area (Å²) < 4.78 is 5.88. The molecule has 0 saturated carbocycles. The molecule has 2 aromatic carbocycles. The molecule has 3 atom stereocenters. The van der Waals surface area contributed by atoms with Gasteiger partial charge in [0.15, 0.2) is 0 Å². The summed E-state index contributed by atoms with van der Waals surface area (Å²) in [5.74, 6) is 3.03. The van der Waals surface area contributed by atoms with Crippen LogP contribution in [-0.2, 0) is 11.2 Å². The SMILES string of the molecule is CC.CCC(C=O)CC/C=C/CC(C)CSC.NC(=O)c1ccc2c(c1)NCC(CCCc1cccc(Cl)c1)CO2. The first-order valence-corrected chi connectivity index (χ1v) is 16.8. The van der Waals surface area contributed by atoms with Crippen LogP contribution in [0.5, 0.6) is 5.75 Å². The summed E-state index contributed by atoms with van der Waals surface area (Å²) in [4.78, 5) is 21.8. The number of carbonyl (C=O) groups is 2. The summed E-state index contributed by atoms with van der Waals surface area (Å²) in [5.41, 5.74) is 7.92. The first-order chi connectivity index (χ1) is 19.9. The van der Waals surface area contributed by atoms with Crippen molar-refractivity contribution in [2.45, 2.75) is 72.6 Å². The Hall–Kier alpha value is -2.44. The van der Waals surface area contributed by atoms with Gasteiger partial charge in [0.05, 0.1) is 12.3 Å². The van der Waals surface area contributed by atoms with Crippen LogP contribution in [0, 0.1) is 17.8 Å². The molecular weight excluding hydrogens is 552 g/mol. The Morgan fingerprint density at radius 3 is 2.66 bits per heavy atom. The fraction of sp³-hybridized carbons (Fsp3) is 0.529. The number of anilines is 1. The van der Waals surface area contributed by atoms with Crippen molar-refractivity contribution in [3.8, 4) is 5.75 Å². The van der Waals surface area contributed by atoms with E-state index in [0.717, 1.165) is 73.7 Å². The fourth-order valence-corrected chi connectivity index (χ4v) is 5.34.